The molecule has 0 amide bonds. The highest BCUT2D eigenvalue weighted by Crippen LogP contribution is 2.25. The van der Waals surface area contributed by atoms with Crippen molar-refractivity contribution >= 4 is 17.6 Å². The highest BCUT2D eigenvalue weighted by Gasteiger charge is 2.20. The molecule has 0 aliphatic heterocycles. The maximum absolute atomic E-state index is 13.3. The predicted octanol–water partition coefficient (Wildman–Crippen LogP) is 2.61. The van der Waals surface area contributed by atoms with E-state index in [1.54, 1.807) is 0 Å². The van der Waals surface area contributed by atoms with Crippen molar-refractivity contribution in [2.24, 2.45) is 0 Å². The van der Waals surface area contributed by atoms with Crippen LogP contribution in [0.2, 0.25) is 0 Å². The Kier molecular flexibility index (Phi) is 4.74. The molecule has 0 aliphatic rings. The molecule has 0 radical (unpaired) electrons. The first-order chi connectivity index (χ1) is 7.99. The second-order valence-electron chi connectivity index (χ2n) is 3.16. The Morgan fingerprint density at radius 2 is 2.24 bits per heavy atom. The van der Waals surface area contributed by atoms with Gasteiger partial charge in [-0.2, -0.15) is 4.39 Å². The fourth-order valence-corrected chi connectivity index (χ4v) is 1.41. The molecule has 0 spiro atoms. The van der Waals surface area contributed by atoms with Crippen LogP contribution < -0.4 is 0 Å². The van der Waals surface area contributed by atoms with Gasteiger partial charge in [-0.1, -0.05) is 0 Å². The van der Waals surface area contributed by atoms with Gasteiger partial charge in [0.25, 0.3) is 6.43 Å². The maximum Gasteiger partial charge on any atom is 0.311 e. The molecule has 1 aromatic rings. The second kappa shape index (κ2) is 5.86. The number of hydrogen-bond donors (Lipinski definition) is 0. The van der Waals surface area contributed by atoms with Crippen LogP contribution in [0.5, 0.6) is 0 Å². The molecular weight excluding hydrogens is 259 g/mol. The van der Waals surface area contributed by atoms with Crippen LogP contribution in [-0.4, -0.2) is 18.1 Å². The molecule has 17 heavy (non-hydrogen) atoms. The van der Waals surface area contributed by atoms with Crippen LogP contribution in [0.15, 0.2) is 6.07 Å². The number of ether oxygens (including phenoxy) is 1. The molecule has 0 unspecified atom stereocenters. The van der Waals surface area contributed by atoms with Gasteiger partial charge in [-0.15, -0.1) is 11.6 Å². The topological polar surface area (TPSA) is 39.2 Å². The van der Waals surface area contributed by atoms with Gasteiger partial charge < -0.3 is 4.74 Å². The van der Waals surface area contributed by atoms with E-state index in [2.05, 4.69) is 9.72 Å². The average Bonchev–Trinajstić information content (AvgIpc) is 2.28. The highest BCUT2D eigenvalue weighted by atomic mass is 35.5. The van der Waals surface area contributed by atoms with Crippen molar-refractivity contribution < 1.29 is 22.7 Å². The lowest BCUT2D eigenvalue weighted by Crippen LogP contribution is -2.11. The van der Waals surface area contributed by atoms with Crippen LogP contribution in [0.4, 0.5) is 13.2 Å². The third-order valence-corrected chi connectivity index (χ3v) is 2.37. The van der Waals surface area contributed by atoms with Crippen LogP contribution in [-0.2, 0) is 21.8 Å². The first-order valence-electron chi connectivity index (χ1n) is 4.58. The van der Waals surface area contributed by atoms with E-state index in [9.17, 15) is 18.0 Å². The number of carbonyl (C=O) groups excluding carboxylic acids is 1. The van der Waals surface area contributed by atoms with E-state index in [1.165, 1.54) is 0 Å². The van der Waals surface area contributed by atoms with Gasteiger partial charge in [-0.05, 0) is 6.07 Å². The van der Waals surface area contributed by atoms with Gasteiger partial charge in [0.1, 0.15) is 0 Å². The zero-order chi connectivity index (χ0) is 13.0. The maximum atomic E-state index is 13.3. The fourth-order valence-electron chi connectivity index (χ4n) is 1.22. The van der Waals surface area contributed by atoms with Crippen molar-refractivity contribution in [3.8, 4) is 0 Å². The summed E-state index contributed by atoms with van der Waals surface area (Å²) in [5.74, 6) is -1.99. The van der Waals surface area contributed by atoms with Gasteiger partial charge in [-0.3, -0.25) is 4.79 Å². The zero-order valence-corrected chi connectivity index (χ0v) is 9.60. The first-order valence-corrected chi connectivity index (χ1v) is 5.12. The molecular formula is C10H9ClF3NO2. The van der Waals surface area contributed by atoms with E-state index in [0.717, 1.165) is 13.2 Å². The molecule has 0 aliphatic carbocycles. The Morgan fingerprint density at radius 3 is 2.71 bits per heavy atom. The summed E-state index contributed by atoms with van der Waals surface area (Å²) in [7, 11) is 1.11. The molecule has 0 aromatic carbocycles. The fraction of sp³-hybridized carbons (Fsp3) is 0.400. The highest BCUT2D eigenvalue weighted by molar-refractivity contribution is 6.17. The van der Waals surface area contributed by atoms with Gasteiger partial charge in [0.15, 0.2) is 0 Å². The molecule has 0 fully saturated rings. The molecule has 0 atom stereocenters. The molecule has 1 rings (SSSR count). The summed E-state index contributed by atoms with van der Waals surface area (Å²) in [5.41, 5.74) is -0.971. The zero-order valence-electron chi connectivity index (χ0n) is 8.84. The van der Waals surface area contributed by atoms with E-state index < -0.39 is 30.3 Å². The second-order valence-corrected chi connectivity index (χ2v) is 3.43. The van der Waals surface area contributed by atoms with Crippen molar-refractivity contribution in [1.29, 1.82) is 0 Å². The summed E-state index contributed by atoms with van der Waals surface area (Å²) in [6.07, 6.45) is -3.36. The standard InChI is InChI=1S/C10H9ClF3NO2/c1-17-8(16)3-7-6(9(12)13)2-5(4-11)10(14)15-7/h2,9H,3-4H2,1H3. The molecule has 7 heteroatoms. The molecule has 0 N–H and O–H groups in total. The lowest BCUT2D eigenvalue weighted by molar-refractivity contribution is -0.139. The van der Waals surface area contributed by atoms with Crippen LogP contribution in [0.25, 0.3) is 0 Å². The number of esters is 1. The Balaban J connectivity index is 3.18. The summed E-state index contributed by atoms with van der Waals surface area (Å²) in [4.78, 5) is 14.3. The Hall–Kier alpha value is -1.30. The number of hydrogen-bond acceptors (Lipinski definition) is 3. The Labute approximate surface area is 101 Å². The molecule has 0 bridgehead atoms. The van der Waals surface area contributed by atoms with Crippen LogP contribution in [0.3, 0.4) is 0 Å². The number of pyridine rings is 1. The lowest BCUT2D eigenvalue weighted by Gasteiger charge is -2.09. The van der Waals surface area contributed by atoms with Crippen molar-refractivity contribution in [2.45, 2.75) is 18.7 Å². The molecule has 0 saturated carbocycles. The van der Waals surface area contributed by atoms with Crippen LogP contribution in [0.1, 0.15) is 23.2 Å². The largest absolute Gasteiger partial charge is 0.469 e. The minimum absolute atomic E-state index is 0.129. The predicted molar refractivity (Wildman–Crippen MR) is 54.4 cm³/mol. The number of halogens is 4. The number of carbonyl (C=O) groups is 1. The molecule has 0 saturated heterocycles. The third kappa shape index (κ3) is 3.33. The molecule has 3 nitrogen and oxygen atoms in total. The summed E-state index contributed by atoms with van der Waals surface area (Å²) in [6.45, 7) is 0. The van der Waals surface area contributed by atoms with Crippen LogP contribution in [0, 0.1) is 5.95 Å². The minimum Gasteiger partial charge on any atom is -0.469 e. The van der Waals surface area contributed by atoms with Gasteiger partial charge in [0.05, 0.1) is 25.1 Å². The number of alkyl halides is 3. The number of methoxy groups -OCH3 is 1. The quantitative estimate of drug-likeness (QED) is 0.478. The van der Waals surface area contributed by atoms with Gasteiger partial charge in [0.2, 0.25) is 5.95 Å². The average molecular weight is 268 g/mol. The third-order valence-electron chi connectivity index (χ3n) is 2.08. The number of rotatable bonds is 4. The van der Waals surface area contributed by atoms with Crippen LogP contribution >= 0.6 is 11.6 Å². The van der Waals surface area contributed by atoms with E-state index in [4.69, 9.17) is 11.6 Å². The molecule has 1 heterocycles. The van der Waals surface area contributed by atoms with E-state index in [-0.39, 0.29) is 17.1 Å². The Morgan fingerprint density at radius 1 is 1.59 bits per heavy atom. The minimum atomic E-state index is -2.86. The van der Waals surface area contributed by atoms with Crippen molar-refractivity contribution in [3.05, 3.63) is 28.8 Å². The molecule has 94 valence electrons. The lowest BCUT2D eigenvalue weighted by atomic mass is 10.1. The van der Waals surface area contributed by atoms with E-state index in [1.807, 2.05) is 0 Å². The monoisotopic (exact) mass is 267 g/mol. The summed E-state index contributed by atoms with van der Waals surface area (Å²) in [5, 5.41) is 0. The van der Waals surface area contributed by atoms with Crippen molar-refractivity contribution in [2.75, 3.05) is 7.11 Å². The number of aromatic nitrogens is 1. The van der Waals surface area contributed by atoms with Crippen molar-refractivity contribution in [1.82, 2.24) is 4.98 Å². The summed E-state index contributed by atoms with van der Waals surface area (Å²) in [6, 6.07) is 0.915. The van der Waals surface area contributed by atoms with Gasteiger partial charge in [0, 0.05) is 11.1 Å². The Bertz CT molecular complexity index is 426. The van der Waals surface area contributed by atoms with Crippen molar-refractivity contribution in [3.63, 3.8) is 0 Å². The first kappa shape index (κ1) is 13.8. The number of nitrogens with zero attached hydrogens (tertiary/aromatic N) is 1. The smallest absolute Gasteiger partial charge is 0.311 e. The van der Waals surface area contributed by atoms with E-state index >= 15 is 0 Å². The van der Waals surface area contributed by atoms with Gasteiger partial charge in [-0.25, -0.2) is 13.8 Å². The normalized spacial score (nSPS) is 10.7. The summed E-state index contributed by atoms with van der Waals surface area (Å²) < 4.78 is 42.9. The van der Waals surface area contributed by atoms with E-state index in [0.29, 0.717) is 0 Å². The summed E-state index contributed by atoms with van der Waals surface area (Å²) >= 11 is 5.38. The SMILES string of the molecule is COC(=O)Cc1nc(F)c(CCl)cc1C(F)F. The van der Waals surface area contributed by atoms with Gasteiger partial charge >= 0.3 is 5.97 Å². The molecule has 1 aromatic heterocycles.